The molecule has 0 saturated carbocycles. The summed E-state index contributed by atoms with van der Waals surface area (Å²) in [5.74, 6) is 0.359. The van der Waals surface area contributed by atoms with Gasteiger partial charge in [-0.2, -0.15) is 15.0 Å². The molecule has 0 aliphatic heterocycles. The molecule has 0 radical (unpaired) electrons. The topological polar surface area (TPSA) is 118 Å². The number of nitrogens with zero attached hydrogens (tertiary/aromatic N) is 4. The number of hydrogen-bond acceptors (Lipinski definition) is 8. The average molecular weight is 511 g/mol. The van der Waals surface area contributed by atoms with Crippen LogP contribution < -0.4 is 20.9 Å². The van der Waals surface area contributed by atoms with Gasteiger partial charge in [-0.3, -0.25) is 4.79 Å². The van der Waals surface area contributed by atoms with Crippen molar-refractivity contribution in [2.75, 3.05) is 10.6 Å². The quantitative estimate of drug-likeness (QED) is 0.295. The first kappa shape index (κ1) is 22.1. The van der Waals surface area contributed by atoms with E-state index in [0.717, 1.165) is 0 Å². The molecule has 0 amide bonds. The lowest BCUT2D eigenvalue weighted by atomic mass is 10.3. The predicted octanol–water partition coefficient (Wildman–Crippen LogP) is 5.85. The van der Waals surface area contributed by atoms with Crippen LogP contribution in [0.25, 0.3) is 0 Å². The number of aromatic nitrogens is 5. The molecule has 0 aliphatic carbocycles. The molecule has 0 spiro atoms. The molecule has 0 aliphatic rings. The summed E-state index contributed by atoms with van der Waals surface area (Å²) in [7, 11) is 0. The summed E-state index contributed by atoms with van der Waals surface area (Å²) in [6.07, 6.45) is 0. The molecule has 4 aromatic rings. The van der Waals surface area contributed by atoms with Crippen molar-refractivity contribution in [3.05, 3.63) is 79.0 Å². The van der Waals surface area contributed by atoms with Crippen LogP contribution in [0.15, 0.2) is 53.3 Å². The molecular formula is C19H11Cl4N7O2. The van der Waals surface area contributed by atoms with Gasteiger partial charge >= 0.3 is 6.01 Å². The third-order valence-corrected chi connectivity index (χ3v) is 5.29. The van der Waals surface area contributed by atoms with Crippen LogP contribution >= 0.6 is 46.4 Å². The van der Waals surface area contributed by atoms with Crippen LogP contribution in [0, 0.1) is 0 Å². The SMILES string of the molecule is O=c1ccc(Oc2nc(Nc3ccc(Cl)c(Cl)c3)nc(Nc3ccc(Cl)c(Cl)c3)n2)n[nH]1. The van der Waals surface area contributed by atoms with Crippen LogP contribution in [0.3, 0.4) is 0 Å². The fourth-order valence-corrected chi connectivity index (χ4v) is 3.00. The van der Waals surface area contributed by atoms with E-state index in [1.165, 1.54) is 12.1 Å². The van der Waals surface area contributed by atoms with E-state index in [1.54, 1.807) is 36.4 Å². The van der Waals surface area contributed by atoms with Crippen LogP contribution in [0.4, 0.5) is 23.3 Å². The molecule has 162 valence electrons. The van der Waals surface area contributed by atoms with E-state index in [-0.39, 0.29) is 29.3 Å². The third-order valence-electron chi connectivity index (χ3n) is 3.82. The largest absolute Gasteiger partial charge is 0.403 e. The minimum Gasteiger partial charge on any atom is -0.403 e. The molecule has 9 nitrogen and oxygen atoms in total. The lowest BCUT2D eigenvalue weighted by molar-refractivity contribution is 0.418. The summed E-state index contributed by atoms with van der Waals surface area (Å²) in [4.78, 5) is 24.0. The van der Waals surface area contributed by atoms with Gasteiger partial charge in [-0.05, 0) is 36.4 Å². The Morgan fingerprint density at radius 3 is 1.75 bits per heavy atom. The zero-order chi connectivity index (χ0) is 22.7. The second kappa shape index (κ2) is 9.58. The Labute approximate surface area is 200 Å². The van der Waals surface area contributed by atoms with Gasteiger partial charge in [-0.25, -0.2) is 5.10 Å². The van der Waals surface area contributed by atoms with E-state index in [4.69, 9.17) is 51.1 Å². The zero-order valence-corrected chi connectivity index (χ0v) is 18.8. The molecule has 0 unspecified atom stereocenters. The van der Waals surface area contributed by atoms with E-state index < -0.39 is 0 Å². The Balaban J connectivity index is 1.67. The van der Waals surface area contributed by atoms with Crippen LogP contribution in [0.1, 0.15) is 0 Å². The van der Waals surface area contributed by atoms with E-state index in [9.17, 15) is 4.79 Å². The maximum absolute atomic E-state index is 11.2. The maximum Gasteiger partial charge on any atom is 0.330 e. The summed E-state index contributed by atoms with van der Waals surface area (Å²) in [5.41, 5.74) is 0.787. The van der Waals surface area contributed by atoms with Gasteiger partial charge in [-0.15, -0.1) is 5.10 Å². The van der Waals surface area contributed by atoms with Gasteiger partial charge in [0.1, 0.15) is 0 Å². The standard InChI is InChI=1S/C19H11Cl4N7O2/c20-11-3-1-9(7-13(11)22)24-17-26-18(25-10-2-4-12(21)14(23)8-10)28-19(27-17)32-16-6-5-15(31)29-30-16/h1-8H,(H,29,31)(H2,24,25,26,27,28). The normalized spacial score (nSPS) is 10.6. The molecule has 0 fully saturated rings. The van der Waals surface area contributed by atoms with Crippen molar-refractivity contribution in [3.8, 4) is 11.9 Å². The number of ether oxygens (including phenoxy) is 1. The van der Waals surface area contributed by atoms with Crippen LogP contribution in [-0.2, 0) is 0 Å². The maximum atomic E-state index is 11.2. The molecule has 2 aromatic heterocycles. The second-order valence-electron chi connectivity index (χ2n) is 6.13. The van der Waals surface area contributed by atoms with Crippen LogP contribution in [0.5, 0.6) is 11.9 Å². The van der Waals surface area contributed by atoms with Crippen molar-refractivity contribution in [3.63, 3.8) is 0 Å². The Hall–Kier alpha value is -3.11. The monoisotopic (exact) mass is 509 g/mol. The van der Waals surface area contributed by atoms with Crippen molar-refractivity contribution in [2.24, 2.45) is 0 Å². The minimum atomic E-state index is -0.378. The Bertz CT molecular complexity index is 1260. The Kier molecular flexibility index (Phi) is 6.61. The summed E-state index contributed by atoms with van der Waals surface area (Å²) in [5, 5.41) is 13.6. The molecule has 2 heterocycles. The van der Waals surface area contributed by atoms with E-state index in [1.807, 2.05) is 0 Å². The first-order valence-electron chi connectivity index (χ1n) is 8.79. The molecule has 32 heavy (non-hydrogen) atoms. The molecule has 3 N–H and O–H groups in total. The van der Waals surface area contributed by atoms with Gasteiger partial charge in [0.2, 0.25) is 17.8 Å². The Morgan fingerprint density at radius 1 is 0.719 bits per heavy atom. The fourth-order valence-electron chi connectivity index (χ4n) is 2.40. The van der Waals surface area contributed by atoms with Crippen molar-refractivity contribution in [2.45, 2.75) is 0 Å². The molecule has 0 atom stereocenters. The van der Waals surface area contributed by atoms with Gasteiger partial charge in [0.15, 0.2) is 0 Å². The van der Waals surface area contributed by atoms with Gasteiger partial charge in [0.25, 0.3) is 5.56 Å². The summed E-state index contributed by atoms with van der Waals surface area (Å²) in [6, 6.07) is 12.4. The van der Waals surface area contributed by atoms with E-state index in [0.29, 0.717) is 31.5 Å². The third kappa shape index (κ3) is 5.57. The molecule has 0 saturated heterocycles. The number of rotatable bonds is 6. The highest BCUT2D eigenvalue weighted by Gasteiger charge is 2.12. The first-order valence-corrected chi connectivity index (χ1v) is 10.3. The molecule has 13 heteroatoms. The number of H-pyrrole nitrogens is 1. The van der Waals surface area contributed by atoms with Gasteiger partial charge < -0.3 is 15.4 Å². The van der Waals surface area contributed by atoms with Crippen LogP contribution in [0.2, 0.25) is 20.1 Å². The number of anilines is 4. The second-order valence-corrected chi connectivity index (χ2v) is 7.76. The van der Waals surface area contributed by atoms with Crippen molar-refractivity contribution in [1.29, 1.82) is 0 Å². The highest BCUT2D eigenvalue weighted by atomic mass is 35.5. The lowest BCUT2D eigenvalue weighted by Crippen LogP contribution is -2.08. The molecule has 4 rings (SSSR count). The lowest BCUT2D eigenvalue weighted by Gasteiger charge is -2.11. The summed E-state index contributed by atoms with van der Waals surface area (Å²) in [6.45, 7) is 0. The number of benzene rings is 2. The summed E-state index contributed by atoms with van der Waals surface area (Å²) < 4.78 is 5.56. The first-order chi connectivity index (χ1) is 15.4. The van der Waals surface area contributed by atoms with Gasteiger partial charge in [0.05, 0.1) is 20.1 Å². The fraction of sp³-hybridized carbons (Fsp3) is 0. The molecule has 0 bridgehead atoms. The number of halogens is 4. The van der Waals surface area contributed by atoms with E-state index >= 15 is 0 Å². The highest BCUT2D eigenvalue weighted by molar-refractivity contribution is 6.42. The van der Waals surface area contributed by atoms with Crippen molar-refractivity contribution in [1.82, 2.24) is 25.1 Å². The number of nitrogens with one attached hydrogen (secondary N) is 3. The minimum absolute atomic E-state index is 0.0803. The van der Waals surface area contributed by atoms with Crippen LogP contribution in [-0.4, -0.2) is 25.1 Å². The zero-order valence-electron chi connectivity index (χ0n) is 15.7. The van der Waals surface area contributed by atoms with Gasteiger partial charge in [0, 0.05) is 23.5 Å². The Morgan fingerprint density at radius 2 is 1.28 bits per heavy atom. The average Bonchev–Trinajstić information content (AvgIpc) is 2.75. The summed E-state index contributed by atoms with van der Waals surface area (Å²) >= 11 is 24.1. The smallest absolute Gasteiger partial charge is 0.330 e. The van der Waals surface area contributed by atoms with Crippen molar-refractivity contribution >= 4 is 69.7 Å². The van der Waals surface area contributed by atoms with Crippen molar-refractivity contribution < 1.29 is 4.74 Å². The molecule has 2 aromatic carbocycles. The molecular weight excluding hydrogens is 500 g/mol. The predicted molar refractivity (Wildman–Crippen MR) is 124 cm³/mol. The highest BCUT2D eigenvalue weighted by Crippen LogP contribution is 2.29. The van der Waals surface area contributed by atoms with Gasteiger partial charge in [-0.1, -0.05) is 46.4 Å². The number of aromatic amines is 1. The van der Waals surface area contributed by atoms with E-state index in [2.05, 4.69) is 35.8 Å². The number of hydrogen-bond donors (Lipinski definition) is 3.